The van der Waals surface area contributed by atoms with E-state index < -0.39 is 5.25 Å². The summed E-state index contributed by atoms with van der Waals surface area (Å²) in [5, 5.41) is 3.26. The van der Waals surface area contributed by atoms with Gasteiger partial charge in [-0.2, -0.15) is 0 Å². The summed E-state index contributed by atoms with van der Waals surface area (Å²) < 4.78 is 0. The van der Waals surface area contributed by atoms with Crippen molar-refractivity contribution in [3.8, 4) is 0 Å². The quantitative estimate of drug-likeness (QED) is 0.470. The van der Waals surface area contributed by atoms with E-state index in [1.54, 1.807) is 42.5 Å². The number of ketones is 1. The van der Waals surface area contributed by atoms with Crippen molar-refractivity contribution < 1.29 is 14.4 Å². The zero-order valence-electron chi connectivity index (χ0n) is 17.2. The van der Waals surface area contributed by atoms with Gasteiger partial charge < -0.3 is 5.32 Å². The molecule has 0 spiro atoms. The molecule has 1 aliphatic heterocycles. The number of amidine groups is 1. The fraction of sp³-hybridized carbons (Fsp3) is 0.217. The Hall–Kier alpha value is -2.90. The minimum atomic E-state index is -0.587. The van der Waals surface area contributed by atoms with E-state index in [2.05, 4.69) is 16.9 Å². The molecule has 6 nitrogen and oxygen atoms in total. The van der Waals surface area contributed by atoms with Gasteiger partial charge in [0.25, 0.3) is 0 Å². The molecule has 1 atom stereocenters. The van der Waals surface area contributed by atoms with Crippen LogP contribution in [-0.2, 0) is 9.59 Å². The number of benzene rings is 2. The van der Waals surface area contributed by atoms with Gasteiger partial charge in [-0.1, -0.05) is 35.5 Å². The van der Waals surface area contributed by atoms with Crippen molar-refractivity contribution in [2.75, 3.05) is 11.9 Å². The van der Waals surface area contributed by atoms with Crippen molar-refractivity contribution in [1.82, 2.24) is 4.90 Å². The summed E-state index contributed by atoms with van der Waals surface area (Å²) in [6, 6.07) is 12.1. The molecular formula is C23H22ClN3O3S. The van der Waals surface area contributed by atoms with Gasteiger partial charge >= 0.3 is 0 Å². The lowest BCUT2D eigenvalue weighted by Crippen LogP contribution is -2.33. The van der Waals surface area contributed by atoms with E-state index in [1.807, 2.05) is 13.0 Å². The molecule has 2 aromatic rings. The molecule has 0 radical (unpaired) electrons. The lowest BCUT2D eigenvalue weighted by Gasteiger charge is -2.14. The standard InChI is InChI=1S/C23H22ClN3O3S/c1-4-11-27-22(30)20(13-21(29)25-18-8-5-14(2)19(24)12-18)31-23(27)26-17-9-6-16(7-10-17)15(3)28/h4-10,12,20H,1,11,13H2,2-3H3,(H,25,29)/t20-/m0/s1. The Labute approximate surface area is 190 Å². The lowest BCUT2D eigenvalue weighted by molar-refractivity contribution is -0.127. The predicted octanol–water partition coefficient (Wildman–Crippen LogP) is 5.00. The van der Waals surface area contributed by atoms with Crippen LogP contribution in [0.15, 0.2) is 60.1 Å². The molecular weight excluding hydrogens is 434 g/mol. The number of anilines is 1. The van der Waals surface area contributed by atoms with Crippen LogP contribution in [-0.4, -0.2) is 39.5 Å². The average Bonchev–Trinajstić information content (AvgIpc) is 3.00. The number of nitrogens with zero attached hydrogens (tertiary/aromatic N) is 2. The largest absolute Gasteiger partial charge is 0.326 e. The first-order valence-corrected chi connectivity index (χ1v) is 10.9. The van der Waals surface area contributed by atoms with Gasteiger partial charge in [-0.05, 0) is 55.8 Å². The van der Waals surface area contributed by atoms with Gasteiger partial charge in [0.15, 0.2) is 11.0 Å². The second-order valence-electron chi connectivity index (χ2n) is 7.06. The zero-order valence-corrected chi connectivity index (χ0v) is 18.8. The van der Waals surface area contributed by atoms with Gasteiger partial charge in [-0.15, -0.1) is 6.58 Å². The van der Waals surface area contributed by atoms with Gasteiger partial charge in [-0.25, -0.2) is 4.99 Å². The van der Waals surface area contributed by atoms with E-state index in [1.165, 1.54) is 23.6 Å². The third-order valence-electron chi connectivity index (χ3n) is 4.66. The van der Waals surface area contributed by atoms with Crippen LogP contribution < -0.4 is 5.32 Å². The maximum Gasteiger partial charge on any atom is 0.242 e. The van der Waals surface area contributed by atoms with Gasteiger partial charge in [0.2, 0.25) is 11.8 Å². The highest BCUT2D eigenvalue weighted by molar-refractivity contribution is 8.15. The van der Waals surface area contributed by atoms with Gasteiger partial charge in [0, 0.05) is 29.2 Å². The molecule has 8 heteroatoms. The Balaban J connectivity index is 1.73. The molecule has 1 N–H and O–H groups in total. The summed E-state index contributed by atoms with van der Waals surface area (Å²) in [6.07, 6.45) is 1.62. The third kappa shape index (κ3) is 5.62. The number of nitrogens with one attached hydrogen (secondary N) is 1. The van der Waals surface area contributed by atoms with Crippen LogP contribution in [0.5, 0.6) is 0 Å². The van der Waals surface area contributed by atoms with Crippen molar-refractivity contribution in [1.29, 1.82) is 0 Å². The summed E-state index contributed by atoms with van der Waals surface area (Å²) >= 11 is 7.35. The smallest absolute Gasteiger partial charge is 0.242 e. The number of halogens is 1. The van der Waals surface area contributed by atoms with Crippen LogP contribution in [0.1, 0.15) is 29.3 Å². The highest BCUT2D eigenvalue weighted by Crippen LogP contribution is 2.32. The average molecular weight is 456 g/mol. The highest BCUT2D eigenvalue weighted by Gasteiger charge is 2.38. The molecule has 0 bridgehead atoms. The number of Topliss-reactive ketones (excluding diaryl/α,β-unsaturated/α-hetero) is 1. The number of carbonyl (C=O) groups excluding carboxylic acids is 3. The fourth-order valence-corrected chi connectivity index (χ4v) is 4.30. The SMILES string of the molecule is C=CCN1C(=O)[C@H](CC(=O)Nc2ccc(C)c(Cl)c2)SC1=Nc1ccc(C(C)=O)cc1. The van der Waals surface area contributed by atoms with Gasteiger partial charge in [-0.3, -0.25) is 19.3 Å². The minimum absolute atomic E-state index is 0.00489. The van der Waals surface area contributed by atoms with E-state index in [-0.39, 0.29) is 24.0 Å². The summed E-state index contributed by atoms with van der Waals surface area (Å²) in [6.45, 7) is 7.37. The summed E-state index contributed by atoms with van der Waals surface area (Å²) in [7, 11) is 0. The molecule has 31 heavy (non-hydrogen) atoms. The van der Waals surface area contributed by atoms with Gasteiger partial charge in [0.05, 0.1) is 5.69 Å². The van der Waals surface area contributed by atoms with Crippen LogP contribution in [0.4, 0.5) is 11.4 Å². The molecule has 0 saturated carbocycles. The summed E-state index contributed by atoms with van der Waals surface area (Å²) in [5.74, 6) is -0.503. The Morgan fingerprint density at radius 2 is 1.97 bits per heavy atom. The number of rotatable bonds is 7. The van der Waals surface area contributed by atoms with E-state index >= 15 is 0 Å². The number of thioether (sulfide) groups is 1. The summed E-state index contributed by atoms with van der Waals surface area (Å²) in [5.41, 5.74) is 2.71. The Kier molecular flexibility index (Phi) is 7.30. The normalized spacial score (nSPS) is 17.1. The second kappa shape index (κ2) is 9.94. The molecule has 1 fully saturated rings. The topological polar surface area (TPSA) is 78.8 Å². The third-order valence-corrected chi connectivity index (χ3v) is 6.24. The van der Waals surface area contributed by atoms with E-state index in [4.69, 9.17) is 11.6 Å². The monoisotopic (exact) mass is 455 g/mol. The van der Waals surface area contributed by atoms with Crippen LogP contribution >= 0.6 is 23.4 Å². The van der Waals surface area contributed by atoms with E-state index in [0.717, 1.165) is 5.56 Å². The Morgan fingerprint density at radius 1 is 1.26 bits per heavy atom. The summed E-state index contributed by atoms with van der Waals surface area (Å²) in [4.78, 5) is 42.9. The van der Waals surface area contributed by atoms with Crippen LogP contribution in [0.25, 0.3) is 0 Å². The fourth-order valence-electron chi connectivity index (χ4n) is 2.95. The first-order valence-electron chi connectivity index (χ1n) is 9.63. The molecule has 2 amide bonds. The van der Waals surface area contributed by atoms with Crippen molar-refractivity contribution in [2.24, 2.45) is 4.99 Å². The van der Waals surface area contributed by atoms with Crippen molar-refractivity contribution in [3.63, 3.8) is 0 Å². The maximum absolute atomic E-state index is 12.9. The number of amides is 2. The van der Waals surface area contributed by atoms with E-state index in [0.29, 0.717) is 33.7 Å². The Morgan fingerprint density at radius 3 is 2.58 bits per heavy atom. The molecule has 0 aromatic heterocycles. The number of hydrogen-bond donors (Lipinski definition) is 1. The molecule has 3 rings (SSSR count). The number of aryl methyl sites for hydroxylation is 1. The maximum atomic E-state index is 12.9. The van der Waals surface area contributed by atoms with Crippen LogP contribution in [0.2, 0.25) is 5.02 Å². The van der Waals surface area contributed by atoms with E-state index in [9.17, 15) is 14.4 Å². The predicted molar refractivity (Wildman–Crippen MR) is 126 cm³/mol. The molecule has 1 heterocycles. The number of carbonyl (C=O) groups is 3. The first kappa shape index (κ1) is 22.8. The van der Waals surface area contributed by atoms with Crippen LogP contribution in [0, 0.1) is 6.92 Å². The number of hydrogen-bond acceptors (Lipinski definition) is 5. The first-order chi connectivity index (χ1) is 14.8. The molecule has 1 saturated heterocycles. The van der Waals surface area contributed by atoms with Crippen molar-refractivity contribution >= 4 is 57.5 Å². The highest BCUT2D eigenvalue weighted by atomic mass is 35.5. The molecule has 0 unspecified atom stereocenters. The second-order valence-corrected chi connectivity index (χ2v) is 8.63. The van der Waals surface area contributed by atoms with Crippen molar-refractivity contribution in [3.05, 3.63) is 71.3 Å². The minimum Gasteiger partial charge on any atom is -0.326 e. The van der Waals surface area contributed by atoms with Gasteiger partial charge in [0.1, 0.15) is 5.25 Å². The molecule has 2 aromatic carbocycles. The Bertz CT molecular complexity index is 1070. The molecule has 1 aliphatic rings. The van der Waals surface area contributed by atoms with Crippen LogP contribution in [0.3, 0.4) is 0 Å². The lowest BCUT2D eigenvalue weighted by atomic mass is 10.1. The van der Waals surface area contributed by atoms with Crippen molar-refractivity contribution in [2.45, 2.75) is 25.5 Å². The molecule has 0 aliphatic carbocycles. The molecule has 160 valence electrons. The number of aliphatic imine (C=N–C) groups is 1. The zero-order chi connectivity index (χ0) is 22.5.